The minimum atomic E-state index is -4.10. The van der Waals surface area contributed by atoms with Gasteiger partial charge in [0.25, 0.3) is 10.1 Å². The Bertz CT molecular complexity index is 817. The number of ether oxygens (including phenoxy) is 1. The van der Waals surface area contributed by atoms with E-state index >= 15 is 0 Å². The fraction of sp³-hybridized carbons (Fsp3) is 0.235. The largest absolute Gasteiger partial charge is 0.449 e. The highest BCUT2D eigenvalue weighted by atomic mass is 32.2. The Kier molecular flexibility index (Phi) is 4.55. The van der Waals surface area contributed by atoms with Gasteiger partial charge in [-0.3, -0.25) is 4.55 Å². The Hall–Kier alpha value is -2.38. The van der Waals surface area contributed by atoms with E-state index < -0.39 is 22.0 Å². The van der Waals surface area contributed by atoms with Crippen molar-refractivity contribution in [2.24, 2.45) is 0 Å². The Morgan fingerprint density at radius 2 is 1.58 bits per heavy atom. The zero-order valence-electron chi connectivity index (χ0n) is 12.8. The maximum absolute atomic E-state index is 11.7. The first-order valence-corrected chi connectivity index (χ1v) is 9.10. The molecule has 0 saturated carbocycles. The molecule has 1 amide bonds. The van der Waals surface area contributed by atoms with Gasteiger partial charge in [-0.05, 0) is 22.3 Å². The van der Waals surface area contributed by atoms with Gasteiger partial charge in [-0.2, -0.15) is 8.42 Å². The minimum Gasteiger partial charge on any atom is -0.449 e. The Labute approximate surface area is 140 Å². The number of benzene rings is 2. The van der Waals surface area contributed by atoms with E-state index in [9.17, 15) is 13.2 Å². The third kappa shape index (κ3) is 3.58. The summed E-state index contributed by atoms with van der Waals surface area (Å²) in [5.41, 5.74) is 4.47. The van der Waals surface area contributed by atoms with Crippen LogP contribution in [0.4, 0.5) is 4.79 Å². The van der Waals surface area contributed by atoms with Crippen LogP contribution in [0.3, 0.4) is 0 Å². The van der Waals surface area contributed by atoms with Gasteiger partial charge in [-0.1, -0.05) is 48.5 Å². The molecule has 0 saturated heterocycles. The summed E-state index contributed by atoms with van der Waals surface area (Å²) in [6, 6.07) is 16.0. The van der Waals surface area contributed by atoms with Gasteiger partial charge in [0.15, 0.2) is 0 Å². The van der Waals surface area contributed by atoms with Crippen molar-refractivity contribution in [2.75, 3.05) is 18.9 Å². The summed E-state index contributed by atoms with van der Waals surface area (Å²) in [4.78, 5) is 11.7. The molecule has 3 rings (SSSR count). The van der Waals surface area contributed by atoms with Gasteiger partial charge in [0, 0.05) is 12.5 Å². The molecule has 126 valence electrons. The maximum Gasteiger partial charge on any atom is 0.407 e. The number of fused-ring (bicyclic) bond motifs is 3. The highest BCUT2D eigenvalue weighted by Crippen LogP contribution is 2.44. The monoisotopic (exact) mass is 347 g/mol. The van der Waals surface area contributed by atoms with E-state index in [1.165, 1.54) is 0 Å². The predicted octanol–water partition coefficient (Wildman–Crippen LogP) is 2.41. The number of amides is 1. The van der Waals surface area contributed by atoms with Crippen LogP contribution in [0.15, 0.2) is 48.5 Å². The van der Waals surface area contributed by atoms with Crippen LogP contribution in [-0.2, 0) is 14.9 Å². The van der Waals surface area contributed by atoms with Crippen LogP contribution in [0, 0.1) is 0 Å². The molecule has 7 heteroatoms. The van der Waals surface area contributed by atoms with Crippen molar-refractivity contribution in [3.63, 3.8) is 0 Å². The van der Waals surface area contributed by atoms with E-state index in [1.807, 2.05) is 48.5 Å². The molecule has 2 aromatic carbocycles. The molecule has 1 aliphatic carbocycles. The van der Waals surface area contributed by atoms with Crippen molar-refractivity contribution in [1.82, 2.24) is 5.32 Å². The standard InChI is InChI=1S/C17H17NO5S/c19-17(18-9-10-24(20,21)22)23-11-16-14-7-3-1-5-12(14)13-6-2-4-8-15(13)16/h1-8,16H,9-11H2,(H,18,19)(H,20,21,22). The Balaban J connectivity index is 1.66. The summed E-state index contributed by atoms with van der Waals surface area (Å²) in [6.45, 7) is -0.0404. The zero-order valence-corrected chi connectivity index (χ0v) is 13.6. The number of hydrogen-bond acceptors (Lipinski definition) is 4. The fourth-order valence-electron chi connectivity index (χ4n) is 2.93. The molecule has 1 aliphatic rings. The Morgan fingerprint density at radius 3 is 2.12 bits per heavy atom. The molecular formula is C17H17NO5S. The number of carbonyl (C=O) groups is 1. The summed E-state index contributed by atoms with van der Waals surface area (Å²) in [7, 11) is -4.10. The lowest BCUT2D eigenvalue weighted by atomic mass is 9.98. The third-order valence-corrected chi connectivity index (χ3v) is 4.69. The van der Waals surface area contributed by atoms with Gasteiger partial charge in [0.2, 0.25) is 0 Å². The summed E-state index contributed by atoms with van der Waals surface area (Å²) in [5, 5.41) is 2.31. The Morgan fingerprint density at radius 1 is 1.04 bits per heavy atom. The average Bonchev–Trinajstić information content (AvgIpc) is 2.86. The van der Waals surface area contributed by atoms with Crippen LogP contribution in [0.1, 0.15) is 17.0 Å². The number of hydrogen-bond donors (Lipinski definition) is 2. The first kappa shape index (κ1) is 16.5. The smallest absolute Gasteiger partial charge is 0.407 e. The van der Waals surface area contributed by atoms with Gasteiger partial charge in [0.05, 0.1) is 5.75 Å². The SMILES string of the molecule is O=C(NCCS(=O)(=O)O)OCC1c2ccccc2-c2ccccc21. The van der Waals surface area contributed by atoms with E-state index in [-0.39, 0.29) is 19.1 Å². The third-order valence-electron chi connectivity index (χ3n) is 3.97. The zero-order chi connectivity index (χ0) is 17.2. The topological polar surface area (TPSA) is 92.7 Å². The van der Waals surface area contributed by atoms with Crippen LogP contribution >= 0.6 is 0 Å². The van der Waals surface area contributed by atoms with Crippen LogP contribution in [0.5, 0.6) is 0 Å². The average molecular weight is 347 g/mol. The van der Waals surface area contributed by atoms with Crippen LogP contribution in [0.2, 0.25) is 0 Å². The van der Waals surface area contributed by atoms with E-state index in [0.29, 0.717) is 0 Å². The number of carbonyl (C=O) groups excluding carboxylic acids is 1. The molecule has 0 fully saturated rings. The van der Waals surface area contributed by atoms with Crippen molar-refractivity contribution >= 4 is 16.2 Å². The van der Waals surface area contributed by atoms with Crippen molar-refractivity contribution in [1.29, 1.82) is 0 Å². The van der Waals surface area contributed by atoms with Crippen molar-refractivity contribution < 1.29 is 22.5 Å². The van der Waals surface area contributed by atoms with Crippen molar-refractivity contribution in [2.45, 2.75) is 5.92 Å². The second-order valence-electron chi connectivity index (χ2n) is 5.54. The van der Waals surface area contributed by atoms with E-state index in [2.05, 4.69) is 5.32 Å². The van der Waals surface area contributed by atoms with E-state index in [0.717, 1.165) is 22.3 Å². The van der Waals surface area contributed by atoms with Crippen molar-refractivity contribution in [3.05, 3.63) is 59.7 Å². The van der Waals surface area contributed by atoms with Crippen LogP contribution in [0.25, 0.3) is 11.1 Å². The number of nitrogens with one attached hydrogen (secondary N) is 1. The highest BCUT2D eigenvalue weighted by Gasteiger charge is 2.28. The molecule has 0 bridgehead atoms. The number of rotatable bonds is 5. The minimum absolute atomic E-state index is 0.0512. The van der Waals surface area contributed by atoms with E-state index in [1.54, 1.807) is 0 Å². The summed E-state index contributed by atoms with van der Waals surface area (Å²) < 4.78 is 35.1. The second-order valence-corrected chi connectivity index (χ2v) is 7.11. The second kappa shape index (κ2) is 6.62. The molecule has 0 atom stereocenters. The fourth-order valence-corrected chi connectivity index (χ4v) is 3.29. The van der Waals surface area contributed by atoms with Crippen LogP contribution < -0.4 is 5.32 Å². The molecule has 24 heavy (non-hydrogen) atoms. The van der Waals surface area contributed by atoms with Gasteiger partial charge in [-0.25, -0.2) is 4.79 Å². The maximum atomic E-state index is 11.7. The molecule has 0 unspecified atom stereocenters. The van der Waals surface area contributed by atoms with Gasteiger partial charge in [-0.15, -0.1) is 0 Å². The predicted molar refractivity (Wildman–Crippen MR) is 89.5 cm³/mol. The molecule has 2 aromatic rings. The highest BCUT2D eigenvalue weighted by molar-refractivity contribution is 7.85. The summed E-state index contributed by atoms with van der Waals surface area (Å²) in [5.74, 6) is -0.596. The molecule has 0 aromatic heterocycles. The lowest BCUT2D eigenvalue weighted by Gasteiger charge is -2.14. The molecule has 0 aliphatic heterocycles. The first-order valence-electron chi connectivity index (χ1n) is 7.50. The normalized spacial score (nSPS) is 13.2. The summed E-state index contributed by atoms with van der Waals surface area (Å²) >= 11 is 0. The molecule has 0 spiro atoms. The first-order chi connectivity index (χ1) is 11.5. The lowest BCUT2D eigenvalue weighted by molar-refractivity contribution is 0.143. The lowest BCUT2D eigenvalue weighted by Crippen LogP contribution is -2.30. The van der Waals surface area contributed by atoms with Gasteiger partial charge < -0.3 is 10.1 Å². The molecule has 6 nitrogen and oxygen atoms in total. The quantitative estimate of drug-likeness (QED) is 0.810. The molecule has 0 heterocycles. The van der Waals surface area contributed by atoms with Crippen molar-refractivity contribution in [3.8, 4) is 11.1 Å². The molecular weight excluding hydrogens is 330 g/mol. The van der Waals surface area contributed by atoms with Gasteiger partial charge in [0.1, 0.15) is 6.61 Å². The number of alkyl carbamates (subject to hydrolysis) is 1. The van der Waals surface area contributed by atoms with Crippen LogP contribution in [-0.4, -0.2) is 38.0 Å². The van der Waals surface area contributed by atoms with E-state index in [4.69, 9.17) is 9.29 Å². The van der Waals surface area contributed by atoms with Gasteiger partial charge >= 0.3 is 6.09 Å². The molecule has 2 N–H and O–H groups in total. The molecule has 0 radical (unpaired) electrons. The summed E-state index contributed by atoms with van der Waals surface area (Å²) in [6.07, 6.45) is -0.708.